The van der Waals surface area contributed by atoms with E-state index in [1.165, 1.54) is 0 Å². The maximum Gasteiger partial charge on any atom is 0.229 e. The molecule has 2 fully saturated rings. The summed E-state index contributed by atoms with van der Waals surface area (Å²) in [5.74, 6) is 1.24. The summed E-state index contributed by atoms with van der Waals surface area (Å²) in [5.41, 5.74) is 2.77. The molecule has 0 aliphatic carbocycles. The van der Waals surface area contributed by atoms with Crippen molar-refractivity contribution in [3.63, 3.8) is 0 Å². The number of nitrogens with zero attached hydrogens (tertiary/aromatic N) is 5. The summed E-state index contributed by atoms with van der Waals surface area (Å²) in [4.78, 5) is 31.1. The number of para-hydroxylation sites is 2. The minimum absolute atomic E-state index is 0.216. The van der Waals surface area contributed by atoms with Crippen molar-refractivity contribution in [3.8, 4) is 0 Å². The van der Waals surface area contributed by atoms with E-state index in [9.17, 15) is 4.79 Å². The number of amides is 1. The minimum atomic E-state index is -0.216. The number of fused-ring (bicyclic) bond motifs is 1. The van der Waals surface area contributed by atoms with Gasteiger partial charge in [-0.3, -0.25) is 14.8 Å². The smallest absolute Gasteiger partial charge is 0.229 e. The lowest BCUT2D eigenvalue weighted by atomic mass is 9.71. The number of aromatic nitrogens is 3. The van der Waals surface area contributed by atoms with Crippen molar-refractivity contribution in [3.05, 3.63) is 60.6 Å². The number of pyridine rings is 1. The summed E-state index contributed by atoms with van der Waals surface area (Å²) in [5, 5.41) is 0. The van der Waals surface area contributed by atoms with E-state index in [1.54, 1.807) is 12.4 Å². The molecule has 1 spiro atoms. The molecule has 0 atom stereocenters. The van der Waals surface area contributed by atoms with Gasteiger partial charge in [0.25, 0.3) is 0 Å². The van der Waals surface area contributed by atoms with Crippen LogP contribution in [0.25, 0.3) is 11.0 Å². The molecule has 3 aromatic rings. The van der Waals surface area contributed by atoms with Crippen LogP contribution in [-0.4, -0.2) is 45.4 Å². The van der Waals surface area contributed by atoms with E-state index >= 15 is 0 Å². The van der Waals surface area contributed by atoms with Crippen LogP contribution in [0.5, 0.6) is 0 Å². The van der Waals surface area contributed by atoms with Crippen molar-refractivity contribution in [2.45, 2.75) is 32.2 Å². The average molecular weight is 387 g/mol. The topological polar surface area (TPSA) is 62.2 Å². The van der Waals surface area contributed by atoms with E-state index < -0.39 is 0 Å². The Balaban J connectivity index is 1.29. The van der Waals surface area contributed by atoms with Gasteiger partial charge in [0.2, 0.25) is 5.91 Å². The monoisotopic (exact) mass is 387 g/mol. The summed E-state index contributed by atoms with van der Waals surface area (Å²) < 4.78 is 0. The fourth-order valence-corrected chi connectivity index (χ4v) is 4.74. The minimum Gasteiger partial charge on any atom is -0.355 e. The standard InChI is InChI=1S/C23H25N5O/c29-22-23(8-3-13-28(22)17-18-6-11-24-12-7-18)9-14-27(15-10-23)21-16-25-19-4-1-2-5-20(19)26-21/h1-2,4-7,11-12,16H,3,8-10,13-15,17H2. The predicted octanol–water partition coefficient (Wildman–Crippen LogP) is 3.43. The molecular formula is C23H25N5O. The van der Waals surface area contributed by atoms with Gasteiger partial charge in [-0.2, -0.15) is 0 Å². The predicted molar refractivity (Wildman–Crippen MR) is 112 cm³/mol. The second kappa shape index (κ2) is 7.43. The summed E-state index contributed by atoms with van der Waals surface area (Å²) in [7, 11) is 0. The number of benzene rings is 1. The highest BCUT2D eigenvalue weighted by atomic mass is 16.2. The summed E-state index contributed by atoms with van der Waals surface area (Å²) in [6.45, 7) is 3.23. The molecule has 2 aliphatic heterocycles. The van der Waals surface area contributed by atoms with E-state index in [0.717, 1.165) is 67.7 Å². The highest BCUT2D eigenvalue weighted by Crippen LogP contribution is 2.42. The van der Waals surface area contributed by atoms with Crippen LogP contribution >= 0.6 is 0 Å². The van der Waals surface area contributed by atoms with Crippen molar-refractivity contribution in [1.29, 1.82) is 0 Å². The van der Waals surface area contributed by atoms with E-state index in [-0.39, 0.29) is 5.41 Å². The zero-order valence-electron chi connectivity index (χ0n) is 16.5. The number of hydrogen-bond acceptors (Lipinski definition) is 5. The van der Waals surface area contributed by atoms with Crippen LogP contribution in [0.2, 0.25) is 0 Å². The summed E-state index contributed by atoms with van der Waals surface area (Å²) in [6.07, 6.45) is 9.28. The summed E-state index contributed by atoms with van der Waals surface area (Å²) in [6, 6.07) is 11.9. The molecule has 29 heavy (non-hydrogen) atoms. The van der Waals surface area contributed by atoms with Gasteiger partial charge in [-0.1, -0.05) is 12.1 Å². The largest absolute Gasteiger partial charge is 0.355 e. The van der Waals surface area contributed by atoms with Crippen LogP contribution in [-0.2, 0) is 11.3 Å². The quantitative estimate of drug-likeness (QED) is 0.689. The van der Waals surface area contributed by atoms with Gasteiger partial charge >= 0.3 is 0 Å². The first-order chi connectivity index (χ1) is 14.2. The van der Waals surface area contributed by atoms with Crippen LogP contribution in [0, 0.1) is 5.41 Å². The van der Waals surface area contributed by atoms with E-state index in [2.05, 4.69) is 14.9 Å². The van der Waals surface area contributed by atoms with Gasteiger partial charge in [0, 0.05) is 38.6 Å². The molecule has 2 aromatic heterocycles. The highest BCUT2D eigenvalue weighted by Gasteiger charge is 2.45. The molecule has 1 amide bonds. The first-order valence-electron chi connectivity index (χ1n) is 10.4. The van der Waals surface area contributed by atoms with Gasteiger partial charge < -0.3 is 9.80 Å². The first-order valence-corrected chi connectivity index (χ1v) is 10.4. The Morgan fingerprint density at radius 1 is 0.931 bits per heavy atom. The number of piperidine rings is 2. The van der Waals surface area contributed by atoms with Crippen molar-refractivity contribution < 1.29 is 4.79 Å². The highest BCUT2D eigenvalue weighted by molar-refractivity contribution is 5.84. The number of carbonyl (C=O) groups is 1. The van der Waals surface area contributed by atoms with Gasteiger partial charge in [0.15, 0.2) is 0 Å². The molecule has 5 rings (SSSR count). The van der Waals surface area contributed by atoms with Crippen molar-refractivity contribution in [2.75, 3.05) is 24.5 Å². The van der Waals surface area contributed by atoms with E-state index in [1.807, 2.05) is 47.5 Å². The maximum absolute atomic E-state index is 13.4. The molecule has 6 heteroatoms. The lowest BCUT2D eigenvalue weighted by molar-refractivity contribution is -0.148. The number of hydrogen-bond donors (Lipinski definition) is 0. The van der Waals surface area contributed by atoms with Gasteiger partial charge in [-0.05, 0) is 55.5 Å². The Hall–Kier alpha value is -3.02. The van der Waals surface area contributed by atoms with Crippen molar-refractivity contribution >= 4 is 22.8 Å². The Labute approximate surface area is 170 Å². The van der Waals surface area contributed by atoms with Gasteiger partial charge in [0.05, 0.1) is 22.6 Å². The molecule has 148 valence electrons. The molecule has 6 nitrogen and oxygen atoms in total. The number of likely N-dealkylation sites (tertiary alicyclic amines) is 1. The maximum atomic E-state index is 13.4. The number of anilines is 1. The van der Waals surface area contributed by atoms with Crippen LogP contribution in [0.15, 0.2) is 55.0 Å². The molecule has 0 bridgehead atoms. The zero-order chi connectivity index (χ0) is 19.7. The van der Waals surface area contributed by atoms with Crippen LogP contribution in [0.1, 0.15) is 31.2 Å². The Kier molecular flexibility index (Phi) is 4.62. The van der Waals surface area contributed by atoms with Crippen molar-refractivity contribution in [1.82, 2.24) is 19.9 Å². The Bertz CT molecular complexity index is 1010. The third-order valence-electron chi connectivity index (χ3n) is 6.43. The second-order valence-electron chi connectivity index (χ2n) is 8.17. The van der Waals surface area contributed by atoms with Gasteiger partial charge in [-0.15, -0.1) is 0 Å². The van der Waals surface area contributed by atoms with Crippen LogP contribution < -0.4 is 4.90 Å². The molecule has 4 heterocycles. The third-order valence-corrected chi connectivity index (χ3v) is 6.43. The molecule has 0 saturated carbocycles. The lowest BCUT2D eigenvalue weighted by Crippen LogP contribution is -2.53. The molecule has 0 unspecified atom stereocenters. The Morgan fingerprint density at radius 3 is 2.48 bits per heavy atom. The molecule has 0 N–H and O–H groups in total. The van der Waals surface area contributed by atoms with Gasteiger partial charge in [-0.25, -0.2) is 4.98 Å². The van der Waals surface area contributed by atoms with Crippen molar-refractivity contribution in [2.24, 2.45) is 5.41 Å². The van der Waals surface area contributed by atoms with E-state index in [4.69, 9.17) is 4.98 Å². The Morgan fingerprint density at radius 2 is 1.69 bits per heavy atom. The number of rotatable bonds is 3. The van der Waals surface area contributed by atoms with E-state index in [0.29, 0.717) is 12.5 Å². The third kappa shape index (κ3) is 3.43. The van der Waals surface area contributed by atoms with Gasteiger partial charge in [0.1, 0.15) is 5.82 Å². The zero-order valence-corrected chi connectivity index (χ0v) is 16.5. The fourth-order valence-electron chi connectivity index (χ4n) is 4.74. The average Bonchev–Trinajstić information content (AvgIpc) is 2.78. The molecular weight excluding hydrogens is 362 g/mol. The van der Waals surface area contributed by atoms with Crippen LogP contribution in [0.3, 0.4) is 0 Å². The molecule has 2 saturated heterocycles. The first kappa shape index (κ1) is 18.0. The number of carbonyl (C=O) groups excluding carboxylic acids is 1. The molecule has 1 aromatic carbocycles. The normalized spacial score (nSPS) is 19.1. The molecule has 0 radical (unpaired) electrons. The van der Waals surface area contributed by atoms with Crippen LogP contribution in [0.4, 0.5) is 5.82 Å². The SMILES string of the molecule is O=C1N(Cc2ccncc2)CCCC12CCN(c1cnc3ccccc3n1)CC2. The summed E-state index contributed by atoms with van der Waals surface area (Å²) >= 11 is 0. The second-order valence-corrected chi connectivity index (χ2v) is 8.17. The lowest BCUT2D eigenvalue weighted by Gasteiger charge is -2.46. The molecule has 2 aliphatic rings. The fraction of sp³-hybridized carbons (Fsp3) is 0.391.